The van der Waals surface area contributed by atoms with E-state index in [1.165, 1.54) is 0 Å². The van der Waals surface area contributed by atoms with Crippen molar-refractivity contribution >= 4 is 17.5 Å². The van der Waals surface area contributed by atoms with E-state index < -0.39 is 0 Å². The summed E-state index contributed by atoms with van der Waals surface area (Å²) in [6.45, 7) is 4.58. The number of likely N-dealkylation sites (N-methyl/N-ethyl adjacent to an activating group) is 1. The van der Waals surface area contributed by atoms with Gasteiger partial charge in [-0.3, -0.25) is 4.79 Å². The molecule has 0 unspecified atom stereocenters. The first-order valence-corrected chi connectivity index (χ1v) is 8.98. The van der Waals surface area contributed by atoms with E-state index in [9.17, 15) is 4.79 Å². The van der Waals surface area contributed by atoms with Crippen LogP contribution >= 0.6 is 11.6 Å². The predicted octanol–water partition coefficient (Wildman–Crippen LogP) is 4.13. The lowest BCUT2D eigenvalue weighted by Crippen LogP contribution is -2.34. The number of nitrogens with zero attached hydrogens (tertiary/aromatic N) is 3. The Kier molecular flexibility index (Phi) is 6.08. The van der Waals surface area contributed by atoms with Gasteiger partial charge in [0.1, 0.15) is 12.3 Å². The van der Waals surface area contributed by atoms with Gasteiger partial charge in [-0.1, -0.05) is 34.5 Å². The summed E-state index contributed by atoms with van der Waals surface area (Å²) < 4.78 is 10.8. The number of aromatic nitrogens is 2. The molecule has 3 rings (SSSR count). The highest BCUT2D eigenvalue weighted by atomic mass is 35.5. The van der Waals surface area contributed by atoms with Gasteiger partial charge in [0.05, 0.1) is 0 Å². The number of benzene rings is 2. The van der Waals surface area contributed by atoms with Crippen LogP contribution in [-0.2, 0) is 11.3 Å². The molecule has 0 N–H and O–H groups in total. The fourth-order valence-corrected chi connectivity index (χ4v) is 2.57. The molecule has 0 aliphatic carbocycles. The number of hydrogen-bond acceptors (Lipinski definition) is 5. The second-order valence-electron chi connectivity index (χ2n) is 6.03. The molecule has 2 aromatic carbocycles. The summed E-state index contributed by atoms with van der Waals surface area (Å²) in [7, 11) is 0. The second kappa shape index (κ2) is 8.68. The lowest BCUT2D eigenvalue weighted by molar-refractivity contribution is -0.134. The maximum Gasteiger partial charge on any atom is 0.260 e. The highest BCUT2D eigenvalue weighted by molar-refractivity contribution is 6.30. The van der Waals surface area contributed by atoms with Gasteiger partial charge in [0.2, 0.25) is 11.7 Å². The smallest absolute Gasteiger partial charge is 0.260 e. The van der Waals surface area contributed by atoms with Crippen LogP contribution in [0, 0.1) is 6.92 Å². The molecule has 0 radical (unpaired) electrons. The number of hydrogen-bond donors (Lipinski definition) is 0. The summed E-state index contributed by atoms with van der Waals surface area (Å²) in [5.74, 6) is 1.34. The van der Waals surface area contributed by atoms with Crippen LogP contribution < -0.4 is 4.74 Å². The van der Waals surface area contributed by atoms with Crippen molar-refractivity contribution in [1.29, 1.82) is 0 Å². The zero-order chi connectivity index (χ0) is 19.2. The van der Waals surface area contributed by atoms with Gasteiger partial charge in [-0.05, 0) is 50.2 Å². The van der Waals surface area contributed by atoms with Gasteiger partial charge in [0.25, 0.3) is 5.91 Å². The van der Waals surface area contributed by atoms with E-state index in [0.717, 1.165) is 11.1 Å². The van der Waals surface area contributed by atoms with Gasteiger partial charge in [-0.15, -0.1) is 0 Å². The quantitative estimate of drug-likeness (QED) is 0.611. The third kappa shape index (κ3) is 5.08. The Hall–Kier alpha value is -2.86. The molecular formula is C20H20ClN3O3. The maximum atomic E-state index is 12.4. The first-order chi connectivity index (χ1) is 13.0. The van der Waals surface area contributed by atoms with Gasteiger partial charge >= 0.3 is 0 Å². The fraction of sp³-hybridized carbons (Fsp3) is 0.250. The van der Waals surface area contributed by atoms with Crippen LogP contribution in [0.1, 0.15) is 18.4 Å². The van der Waals surface area contributed by atoms with E-state index in [-0.39, 0.29) is 19.1 Å². The molecule has 0 saturated heterocycles. The van der Waals surface area contributed by atoms with Crippen molar-refractivity contribution in [3.63, 3.8) is 0 Å². The molecule has 1 heterocycles. The molecule has 7 heteroatoms. The van der Waals surface area contributed by atoms with Crippen LogP contribution in [0.2, 0.25) is 5.02 Å². The van der Waals surface area contributed by atoms with Crippen LogP contribution in [0.4, 0.5) is 0 Å². The molecule has 0 fully saturated rings. The topological polar surface area (TPSA) is 68.5 Å². The predicted molar refractivity (Wildman–Crippen MR) is 103 cm³/mol. The normalized spacial score (nSPS) is 10.6. The zero-order valence-electron chi connectivity index (χ0n) is 15.2. The second-order valence-corrected chi connectivity index (χ2v) is 6.46. The summed E-state index contributed by atoms with van der Waals surface area (Å²) >= 11 is 5.89. The van der Waals surface area contributed by atoms with E-state index in [0.29, 0.717) is 29.0 Å². The molecule has 6 nitrogen and oxygen atoms in total. The summed E-state index contributed by atoms with van der Waals surface area (Å²) in [5.41, 5.74) is 1.93. The van der Waals surface area contributed by atoms with Gasteiger partial charge in [-0.2, -0.15) is 4.98 Å². The molecule has 1 aromatic heterocycles. The monoisotopic (exact) mass is 385 g/mol. The SMILES string of the molecule is CCN(Cc1nc(-c2ccc(Cl)cc2)no1)C(=O)COc1ccc(C)cc1. The minimum Gasteiger partial charge on any atom is -0.484 e. The van der Waals surface area contributed by atoms with Crippen molar-refractivity contribution in [3.05, 3.63) is 65.0 Å². The number of ether oxygens (including phenoxy) is 1. The molecule has 0 spiro atoms. The van der Waals surface area contributed by atoms with E-state index >= 15 is 0 Å². The van der Waals surface area contributed by atoms with Crippen LogP contribution in [-0.4, -0.2) is 34.1 Å². The number of carbonyl (C=O) groups is 1. The Bertz CT molecular complexity index is 892. The van der Waals surface area contributed by atoms with Crippen LogP contribution in [0.5, 0.6) is 5.75 Å². The van der Waals surface area contributed by atoms with Crippen LogP contribution in [0.3, 0.4) is 0 Å². The lowest BCUT2D eigenvalue weighted by Gasteiger charge is -2.18. The molecule has 0 aliphatic heterocycles. The van der Waals surface area contributed by atoms with Gasteiger partial charge < -0.3 is 14.2 Å². The first-order valence-electron chi connectivity index (χ1n) is 8.61. The van der Waals surface area contributed by atoms with Crippen LogP contribution in [0.15, 0.2) is 53.1 Å². The molecule has 0 atom stereocenters. The highest BCUT2D eigenvalue weighted by Crippen LogP contribution is 2.19. The van der Waals surface area contributed by atoms with Gasteiger partial charge in [0, 0.05) is 17.1 Å². The highest BCUT2D eigenvalue weighted by Gasteiger charge is 2.17. The summed E-state index contributed by atoms with van der Waals surface area (Å²) in [5, 5.41) is 4.60. The third-order valence-electron chi connectivity index (χ3n) is 4.01. The van der Waals surface area contributed by atoms with Crippen molar-refractivity contribution in [2.75, 3.05) is 13.2 Å². The number of aryl methyl sites for hydroxylation is 1. The van der Waals surface area contributed by atoms with Crippen LogP contribution in [0.25, 0.3) is 11.4 Å². The number of amides is 1. The van der Waals surface area contributed by atoms with Crippen molar-refractivity contribution in [2.24, 2.45) is 0 Å². The molecule has 0 aliphatic rings. The largest absolute Gasteiger partial charge is 0.484 e. The Morgan fingerprint density at radius 2 is 1.85 bits per heavy atom. The van der Waals surface area contributed by atoms with Gasteiger partial charge in [-0.25, -0.2) is 0 Å². The molecule has 0 bridgehead atoms. The molecule has 140 valence electrons. The first kappa shape index (κ1) is 18.9. The Labute approximate surface area is 162 Å². The van der Waals surface area contributed by atoms with E-state index in [1.54, 1.807) is 17.0 Å². The molecule has 3 aromatic rings. The fourth-order valence-electron chi connectivity index (χ4n) is 2.45. The average Bonchev–Trinajstić information content (AvgIpc) is 3.14. The van der Waals surface area contributed by atoms with Crippen molar-refractivity contribution in [2.45, 2.75) is 20.4 Å². The standard InChI is InChI=1S/C20H20ClN3O3/c1-3-24(19(25)13-26-17-10-4-14(2)5-11-17)12-18-22-20(23-27-18)15-6-8-16(21)9-7-15/h4-11H,3,12-13H2,1-2H3. The number of rotatable bonds is 7. The summed E-state index contributed by atoms with van der Waals surface area (Å²) in [4.78, 5) is 18.4. The lowest BCUT2D eigenvalue weighted by atomic mass is 10.2. The van der Waals surface area contributed by atoms with Crippen molar-refractivity contribution in [3.8, 4) is 17.1 Å². The molecule has 1 amide bonds. The van der Waals surface area contributed by atoms with Crippen molar-refractivity contribution in [1.82, 2.24) is 15.0 Å². The third-order valence-corrected chi connectivity index (χ3v) is 4.27. The zero-order valence-corrected chi connectivity index (χ0v) is 15.9. The molecular weight excluding hydrogens is 366 g/mol. The Morgan fingerprint density at radius 3 is 2.52 bits per heavy atom. The summed E-state index contributed by atoms with van der Waals surface area (Å²) in [6.07, 6.45) is 0. The average molecular weight is 386 g/mol. The number of carbonyl (C=O) groups excluding carboxylic acids is 1. The minimum absolute atomic E-state index is 0.0465. The Balaban J connectivity index is 1.60. The van der Waals surface area contributed by atoms with Crippen molar-refractivity contribution < 1.29 is 14.1 Å². The molecule has 27 heavy (non-hydrogen) atoms. The van der Waals surface area contributed by atoms with Gasteiger partial charge in [0.15, 0.2) is 6.61 Å². The summed E-state index contributed by atoms with van der Waals surface area (Å²) in [6, 6.07) is 14.7. The van der Waals surface area contributed by atoms with E-state index in [2.05, 4.69) is 10.1 Å². The Morgan fingerprint density at radius 1 is 1.15 bits per heavy atom. The minimum atomic E-state index is -0.149. The maximum absolute atomic E-state index is 12.4. The van der Waals surface area contributed by atoms with E-state index in [1.807, 2.05) is 50.2 Å². The number of halogens is 1. The van der Waals surface area contributed by atoms with E-state index in [4.69, 9.17) is 20.9 Å². The molecule has 0 saturated carbocycles.